The first-order chi connectivity index (χ1) is 9.35. The zero-order valence-corrected chi connectivity index (χ0v) is 12.4. The largest absolute Gasteiger partial charge is 0.334 e. The van der Waals surface area contributed by atoms with E-state index >= 15 is 0 Å². The van der Waals surface area contributed by atoms with Crippen molar-refractivity contribution in [2.45, 2.75) is 45.6 Å². The Morgan fingerprint density at radius 2 is 1.95 bits per heavy atom. The minimum absolute atomic E-state index is 0.668. The van der Waals surface area contributed by atoms with Gasteiger partial charge in [0.05, 0.1) is 6.33 Å². The quantitative estimate of drug-likeness (QED) is 0.818. The number of hydrogen-bond acceptors (Lipinski definition) is 3. The van der Waals surface area contributed by atoms with Crippen molar-refractivity contribution in [2.24, 2.45) is 0 Å². The smallest absolute Gasteiger partial charge is 0.0948 e. The van der Waals surface area contributed by atoms with Gasteiger partial charge in [-0.25, -0.2) is 4.98 Å². The van der Waals surface area contributed by atoms with E-state index in [9.17, 15) is 0 Å². The van der Waals surface area contributed by atoms with Crippen LogP contribution in [0.25, 0.3) is 0 Å². The van der Waals surface area contributed by atoms with Crippen molar-refractivity contribution >= 4 is 0 Å². The maximum absolute atomic E-state index is 4.34. The molecule has 0 bridgehead atoms. The molecule has 1 aromatic heterocycles. The molecule has 1 saturated heterocycles. The van der Waals surface area contributed by atoms with E-state index in [1.807, 2.05) is 6.33 Å². The minimum Gasteiger partial charge on any atom is -0.334 e. The number of nitrogens with zero attached hydrogens (tertiary/aromatic N) is 3. The molecule has 0 radical (unpaired) electrons. The lowest BCUT2D eigenvalue weighted by molar-refractivity contribution is 0.234. The van der Waals surface area contributed by atoms with Crippen LogP contribution in [0.15, 0.2) is 12.5 Å². The van der Waals surface area contributed by atoms with Gasteiger partial charge in [0, 0.05) is 50.5 Å². The third-order valence-corrected chi connectivity index (χ3v) is 4.23. The van der Waals surface area contributed by atoms with Crippen LogP contribution in [0.2, 0.25) is 0 Å². The Bertz CT molecular complexity index is 351. The Morgan fingerprint density at radius 1 is 1.21 bits per heavy atom. The average Bonchev–Trinajstić information content (AvgIpc) is 2.90. The molecule has 0 aromatic carbocycles. The number of imidazole rings is 1. The summed E-state index contributed by atoms with van der Waals surface area (Å²) in [6.07, 6.45) is 7.71. The molecule has 2 rings (SSSR count). The molecular formula is C15H28N4. The maximum atomic E-state index is 4.34. The van der Waals surface area contributed by atoms with Crippen LogP contribution < -0.4 is 5.32 Å². The summed E-state index contributed by atoms with van der Waals surface area (Å²) in [5.41, 5.74) is 1.42. The Balaban J connectivity index is 1.80. The van der Waals surface area contributed by atoms with Gasteiger partial charge in [-0.2, -0.15) is 0 Å². The summed E-state index contributed by atoms with van der Waals surface area (Å²) in [6, 6.07) is 0. The third kappa shape index (κ3) is 4.05. The summed E-state index contributed by atoms with van der Waals surface area (Å²) in [4.78, 5) is 6.90. The van der Waals surface area contributed by atoms with Gasteiger partial charge in [0.25, 0.3) is 0 Å². The van der Waals surface area contributed by atoms with E-state index < -0.39 is 0 Å². The first-order valence-electron chi connectivity index (χ1n) is 7.78. The minimum atomic E-state index is 0.668. The van der Waals surface area contributed by atoms with Crippen molar-refractivity contribution in [1.82, 2.24) is 19.8 Å². The summed E-state index contributed by atoms with van der Waals surface area (Å²) in [7, 11) is 0. The lowest BCUT2D eigenvalue weighted by Crippen LogP contribution is -2.43. The van der Waals surface area contributed by atoms with Gasteiger partial charge in [0.2, 0.25) is 0 Å². The number of rotatable bonds is 7. The fourth-order valence-corrected chi connectivity index (χ4v) is 2.96. The Hall–Kier alpha value is -0.870. The second-order valence-electron chi connectivity index (χ2n) is 5.47. The zero-order chi connectivity index (χ0) is 13.5. The lowest BCUT2D eigenvalue weighted by Gasteiger charge is -2.27. The van der Waals surface area contributed by atoms with Crippen LogP contribution in [-0.2, 0) is 6.54 Å². The standard InChI is InChI=1S/C15H28N4/c1-3-14(4-2)15-12-17-13-19(15)9-5-8-18-10-6-16-7-11-18/h12-14,16H,3-11H2,1-2H3. The fourth-order valence-electron chi connectivity index (χ4n) is 2.96. The highest BCUT2D eigenvalue weighted by Crippen LogP contribution is 2.22. The molecular weight excluding hydrogens is 236 g/mol. The maximum Gasteiger partial charge on any atom is 0.0948 e. The molecule has 0 atom stereocenters. The molecule has 2 heterocycles. The van der Waals surface area contributed by atoms with Crippen LogP contribution >= 0.6 is 0 Å². The number of aromatic nitrogens is 2. The lowest BCUT2D eigenvalue weighted by atomic mass is 10.00. The van der Waals surface area contributed by atoms with E-state index in [1.54, 1.807) is 0 Å². The molecule has 0 unspecified atom stereocenters. The van der Waals surface area contributed by atoms with Gasteiger partial charge >= 0.3 is 0 Å². The van der Waals surface area contributed by atoms with Gasteiger partial charge in [-0.15, -0.1) is 0 Å². The van der Waals surface area contributed by atoms with Gasteiger partial charge in [0.15, 0.2) is 0 Å². The molecule has 19 heavy (non-hydrogen) atoms. The highest BCUT2D eigenvalue weighted by molar-refractivity contribution is 5.05. The van der Waals surface area contributed by atoms with Gasteiger partial charge in [-0.1, -0.05) is 13.8 Å². The molecule has 108 valence electrons. The molecule has 4 heteroatoms. The van der Waals surface area contributed by atoms with Gasteiger partial charge in [0.1, 0.15) is 0 Å². The number of hydrogen-bond donors (Lipinski definition) is 1. The highest BCUT2D eigenvalue weighted by atomic mass is 15.2. The van der Waals surface area contributed by atoms with Gasteiger partial charge in [-0.3, -0.25) is 0 Å². The molecule has 4 nitrogen and oxygen atoms in total. The second kappa shape index (κ2) is 7.65. The van der Waals surface area contributed by atoms with E-state index in [1.165, 1.54) is 44.6 Å². The van der Waals surface area contributed by atoms with Crippen molar-refractivity contribution in [1.29, 1.82) is 0 Å². The zero-order valence-electron chi connectivity index (χ0n) is 12.4. The van der Waals surface area contributed by atoms with Gasteiger partial charge < -0.3 is 14.8 Å². The van der Waals surface area contributed by atoms with Crippen LogP contribution in [0.1, 0.15) is 44.7 Å². The van der Waals surface area contributed by atoms with Gasteiger partial charge in [-0.05, 0) is 25.8 Å². The Morgan fingerprint density at radius 3 is 2.63 bits per heavy atom. The van der Waals surface area contributed by atoms with Crippen LogP contribution in [0.5, 0.6) is 0 Å². The molecule has 0 aliphatic carbocycles. The number of aryl methyl sites for hydroxylation is 1. The molecule has 1 fully saturated rings. The summed E-state index contributed by atoms with van der Waals surface area (Å²) >= 11 is 0. The van der Waals surface area contributed by atoms with E-state index in [0.29, 0.717) is 5.92 Å². The van der Waals surface area contributed by atoms with E-state index in [0.717, 1.165) is 19.6 Å². The first-order valence-corrected chi connectivity index (χ1v) is 7.78. The normalized spacial score (nSPS) is 17.2. The molecule has 0 amide bonds. The summed E-state index contributed by atoms with van der Waals surface area (Å²) in [6.45, 7) is 11.5. The molecule has 1 aliphatic heterocycles. The predicted molar refractivity (Wildman–Crippen MR) is 79.5 cm³/mol. The average molecular weight is 264 g/mol. The van der Waals surface area contributed by atoms with Crippen molar-refractivity contribution in [3.8, 4) is 0 Å². The van der Waals surface area contributed by atoms with Crippen LogP contribution in [0.3, 0.4) is 0 Å². The summed E-state index contributed by atoms with van der Waals surface area (Å²) in [5.74, 6) is 0.668. The molecule has 1 aromatic rings. The van der Waals surface area contributed by atoms with Crippen LogP contribution in [-0.4, -0.2) is 47.2 Å². The molecule has 0 spiro atoms. The highest BCUT2D eigenvalue weighted by Gasteiger charge is 2.13. The summed E-state index contributed by atoms with van der Waals surface area (Å²) in [5, 5.41) is 3.40. The number of nitrogens with one attached hydrogen (secondary N) is 1. The van der Waals surface area contributed by atoms with Crippen molar-refractivity contribution in [2.75, 3.05) is 32.7 Å². The third-order valence-electron chi connectivity index (χ3n) is 4.23. The fraction of sp³-hybridized carbons (Fsp3) is 0.800. The first kappa shape index (κ1) is 14.5. The van der Waals surface area contributed by atoms with Crippen molar-refractivity contribution in [3.63, 3.8) is 0 Å². The summed E-state index contributed by atoms with van der Waals surface area (Å²) < 4.78 is 2.36. The molecule has 1 aliphatic rings. The topological polar surface area (TPSA) is 33.1 Å². The SMILES string of the molecule is CCC(CC)c1cncn1CCCN1CCNCC1. The van der Waals surface area contributed by atoms with E-state index in [-0.39, 0.29) is 0 Å². The van der Waals surface area contributed by atoms with Crippen LogP contribution in [0.4, 0.5) is 0 Å². The van der Waals surface area contributed by atoms with Crippen molar-refractivity contribution < 1.29 is 0 Å². The predicted octanol–water partition coefficient (Wildman–Crippen LogP) is 2.08. The van der Waals surface area contributed by atoms with Crippen molar-refractivity contribution in [3.05, 3.63) is 18.2 Å². The number of piperazine rings is 1. The monoisotopic (exact) mass is 264 g/mol. The van der Waals surface area contributed by atoms with E-state index in [4.69, 9.17) is 0 Å². The Labute approximate surface area is 117 Å². The van der Waals surface area contributed by atoms with E-state index in [2.05, 4.69) is 39.8 Å². The molecule has 0 saturated carbocycles. The molecule has 1 N–H and O–H groups in total. The second-order valence-corrected chi connectivity index (χ2v) is 5.47. The van der Waals surface area contributed by atoms with Crippen LogP contribution in [0, 0.1) is 0 Å². The Kier molecular flexibility index (Phi) is 5.86.